The second-order valence-electron chi connectivity index (χ2n) is 7.46. The van der Waals surface area contributed by atoms with Gasteiger partial charge in [-0.1, -0.05) is 12.1 Å². The van der Waals surface area contributed by atoms with E-state index >= 15 is 0 Å². The van der Waals surface area contributed by atoms with Gasteiger partial charge in [0.05, 0.1) is 10.9 Å². The minimum atomic E-state index is -0.104. The zero-order valence-corrected chi connectivity index (χ0v) is 17.3. The van der Waals surface area contributed by atoms with Gasteiger partial charge in [0.15, 0.2) is 0 Å². The molecule has 0 saturated carbocycles. The molecule has 0 radical (unpaired) electrons. The first-order chi connectivity index (χ1) is 13.4. The van der Waals surface area contributed by atoms with E-state index in [1.807, 2.05) is 30.0 Å². The number of nitrogens with zero attached hydrogens (tertiary/aromatic N) is 2. The summed E-state index contributed by atoms with van der Waals surface area (Å²) >= 11 is 1.53. The molecular weight excluding hydrogens is 370 g/mol. The Balaban J connectivity index is 1.45. The molecule has 2 aromatic rings. The zero-order chi connectivity index (χ0) is 19.8. The lowest BCUT2D eigenvalue weighted by Gasteiger charge is -2.37. The smallest absolute Gasteiger partial charge is 0.254 e. The zero-order valence-electron chi connectivity index (χ0n) is 16.5. The van der Waals surface area contributed by atoms with Crippen molar-refractivity contribution < 1.29 is 9.59 Å². The molecule has 4 rings (SSSR count). The van der Waals surface area contributed by atoms with Gasteiger partial charge in [0, 0.05) is 42.3 Å². The lowest BCUT2D eigenvalue weighted by molar-refractivity contribution is -0.115. The van der Waals surface area contributed by atoms with Crippen LogP contribution in [-0.2, 0) is 4.79 Å². The summed E-state index contributed by atoms with van der Waals surface area (Å²) < 4.78 is 0. The van der Waals surface area contributed by atoms with Crippen LogP contribution < -0.4 is 10.2 Å². The van der Waals surface area contributed by atoms with E-state index in [1.54, 1.807) is 0 Å². The monoisotopic (exact) mass is 395 g/mol. The van der Waals surface area contributed by atoms with Crippen LogP contribution in [0.5, 0.6) is 0 Å². The molecule has 146 valence electrons. The number of piperazine rings is 1. The van der Waals surface area contributed by atoms with Crippen molar-refractivity contribution in [3.05, 3.63) is 53.1 Å². The lowest BCUT2D eigenvalue weighted by Crippen LogP contribution is -2.49. The quantitative estimate of drug-likeness (QED) is 0.842. The van der Waals surface area contributed by atoms with Crippen molar-refractivity contribution in [2.45, 2.75) is 30.9 Å². The van der Waals surface area contributed by atoms with Gasteiger partial charge in [-0.2, -0.15) is 0 Å². The van der Waals surface area contributed by atoms with Gasteiger partial charge in [-0.3, -0.25) is 9.59 Å². The molecule has 5 nitrogen and oxygen atoms in total. The summed E-state index contributed by atoms with van der Waals surface area (Å²) in [6.07, 6.45) is 0. The number of benzene rings is 2. The summed E-state index contributed by atoms with van der Waals surface area (Å²) in [6, 6.07) is 12.0. The molecule has 1 unspecified atom stereocenters. The van der Waals surface area contributed by atoms with Crippen LogP contribution in [0.25, 0.3) is 0 Å². The van der Waals surface area contributed by atoms with Gasteiger partial charge in [0.25, 0.3) is 5.91 Å². The molecule has 2 aliphatic heterocycles. The third kappa shape index (κ3) is 3.49. The lowest BCUT2D eigenvalue weighted by atomic mass is 10.1. The van der Waals surface area contributed by atoms with Crippen LogP contribution in [-0.4, -0.2) is 48.1 Å². The molecule has 28 heavy (non-hydrogen) atoms. The summed E-state index contributed by atoms with van der Waals surface area (Å²) in [5.74, 6) is 0.0190. The first-order valence-electron chi connectivity index (χ1n) is 9.66. The largest absolute Gasteiger partial charge is 0.368 e. The van der Waals surface area contributed by atoms with Gasteiger partial charge in [-0.15, -0.1) is 11.8 Å². The predicted molar refractivity (Wildman–Crippen MR) is 114 cm³/mol. The molecule has 0 bridgehead atoms. The number of anilines is 2. The molecule has 0 aliphatic carbocycles. The third-order valence-electron chi connectivity index (χ3n) is 5.64. The molecule has 6 heteroatoms. The first kappa shape index (κ1) is 18.9. The number of rotatable bonds is 2. The molecule has 2 aliphatic rings. The average molecular weight is 396 g/mol. The Morgan fingerprint density at radius 2 is 1.86 bits per heavy atom. The Kier molecular flexibility index (Phi) is 5.06. The van der Waals surface area contributed by atoms with E-state index in [1.165, 1.54) is 28.6 Å². The van der Waals surface area contributed by atoms with Gasteiger partial charge in [-0.25, -0.2) is 0 Å². The van der Waals surface area contributed by atoms with E-state index < -0.39 is 0 Å². The molecule has 2 heterocycles. The van der Waals surface area contributed by atoms with E-state index in [-0.39, 0.29) is 17.1 Å². The highest BCUT2D eigenvalue weighted by Crippen LogP contribution is 2.36. The second-order valence-corrected chi connectivity index (χ2v) is 8.84. The van der Waals surface area contributed by atoms with Crippen molar-refractivity contribution in [1.29, 1.82) is 0 Å². The van der Waals surface area contributed by atoms with Crippen LogP contribution in [0.15, 0.2) is 41.3 Å². The number of thioether (sulfide) groups is 1. The summed E-state index contributed by atoms with van der Waals surface area (Å²) in [5, 5.41) is 2.80. The van der Waals surface area contributed by atoms with Crippen LogP contribution in [0.4, 0.5) is 11.4 Å². The van der Waals surface area contributed by atoms with Crippen LogP contribution in [0, 0.1) is 13.8 Å². The fourth-order valence-electron chi connectivity index (χ4n) is 3.75. The Labute approximate surface area is 170 Å². The van der Waals surface area contributed by atoms with Gasteiger partial charge in [0.1, 0.15) is 0 Å². The SMILES string of the molecule is Cc1cccc(N2CCN(C(=O)c3ccc4c(c3)NC(=O)C(C)S4)CC2)c1C. The second kappa shape index (κ2) is 7.51. The van der Waals surface area contributed by atoms with Gasteiger partial charge >= 0.3 is 0 Å². The number of hydrogen-bond donors (Lipinski definition) is 1. The van der Waals surface area contributed by atoms with E-state index in [2.05, 4.69) is 42.3 Å². The first-order valence-corrected chi connectivity index (χ1v) is 10.5. The molecule has 1 fully saturated rings. The molecule has 1 saturated heterocycles. The molecule has 0 spiro atoms. The normalized spacial score (nSPS) is 19.2. The highest BCUT2D eigenvalue weighted by molar-refractivity contribution is 8.00. The maximum Gasteiger partial charge on any atom is 0.254 e. The summed E-state index contributed by atoms with van der Waals surface area (Å²) in [7, 11) is 0. The van der Waals surface area contributed by atoms with Gasteiger partial charge < -0.3 is 15.1 Å². The molecule has 2 aromatic carbocycles. The topological polar surface area (TPSA) is 52.6 Å². The number of carbonyl (C=O) groups excluding carboxylic acids is 2. The molecule has 1 atom stereocenters. The van der Waals surface area contributed by atoms with E-state index in [0.717, 1.165) is 23.7 Å². The Hall–Kier alpha value is -2.47. The summed E-state index contributed by atoms with van der Waals surface area (Å²) in [5.41, 5.74) is 5.23. The predicted octanol–water partition coefficient (Wildman–Crippen LogP) is 3.70. The van der Waals surface area contributed by atoms with Crippen molar-refractivity contribution in [2.75, 3.05) is 36.4 Å². The number of aryl methyl sites for hydroxylation is 1. The number of fused-ring (bicyclic) bond motifs is 1. The molecule has 0 aromatic heterocycles. The molecule has 1 N–H and O–H groups in total. The number of amides is 2. The van der Waals surface area contributed by atoms with Crippen LogP contribution in [0.2, 0.25) is 0 Å². The van der Waals surface area contributed by atoms with Crippen LogP contribution >= 0.6 is 11.8 Å². The third-order valence-corrected chi connectivity index (χ3v) is 6.82. The van der Waals surface area contributed by atoms with Crippen molar-refractivity contribution >= 4 is 35.0 Å². The molecular formula is C22H25N3O2S. The Morgan fingerprint density at radius 3 is 2.61 bits per heavy atom. The van der Waals surface area contributed by atoms with Gasteiger partial charge in [0.2, 0.25) is 5.91 Å². The van der Waals surface area contributed by atoms with E-state index in [9.17, 15) is 9.59 Å². The maximum atomic E-state index is 13.0. The highest BCUT2D eigenvalue weighted by Gasteiger charge is 2.26. The van der Waals surface area contributed by atoms with Crippen molar-refractivity contribution in [3.63, 3.8) is 0 Å². The Bertz CT molecular complexity index is 935. The maximum absolute atomic E-state index is 13.0. The fourth-order valence-corrected chi connectivity index (χ4v) is 4.68. The number of nitrogens with one attached hydrogen (secondary N) is 1. The Morgan fingerprint density at radius 1 is 1.11 bits per heavy atom. The van der Waals surface area contributed by atoms with Crippen molar-refractivity contribution in [3.8, 4) is 0 Å². The standard InChI is InChI=1S/C22H25N3O2S/c1-14-5-4-6-19(15(14)2)24-9-11-25(12-10-24)22(27)17-7-8-20-18(13-17)23-21(26)16(3)28-20/h4-8,13,16H,9-12H2,1-3H3,(H,23,26). The van der Waals surface area contributed by atoms with Crippen molar-refractivity contribution in [1.82, 2.24) is 4.90 Å². The highest BCUT2D eigenvalue weighted by atomic mass is 32.2. The van der Waals surface area contributed by atoms with Crippen molar-refractivity contribution in [2.24, 2.45) is 0 Å². The summed E-state index contributed by atoms with van der Waals surface area (Å²) in [6.45, 7) is 9.21. The van der Waals surface area contributed by atoms with Crippen LogP contribution in [0.1, 0.15) is 28.4 Å². The number of carbonyl (C=O) groups is 2. The fraction of sp³-hybridized carbons (Fsp3) is 0.364. The average Bonchev–Trinajstić information content (AvgIpc) is 2.70. The molecule has 2 amide bonds. The minimum Gasteiger partial charge on any atom is -0.368 e. The number of hydrogen-bond acceptors (Lipinski definition) is 4. The van der Waals surface area contributed by atoms with Crippen LogP contribution in [0.3, 0.4) is 0 Å². The van der Waals surface area contributed by atoms with E-state index in [4.69, 9.17) is 0 Å². The summed E-state index contributed by atoms with van der Waals surface area (Å²) in [4.78, 5) is 30.2. The van der Waals surface area contributed by atoms with Gasteiger partial charge in [-0.05, 0) is 56.2 Å². The van der Waals surface area contributed by atoms with E-state index in [0.29, 0.717) is 18.7 Å². The minimum absolute atomic E-state index is 0.00997.